The minimum atomic E-state index is -0.522. The number of anilines is 2. The fourth-order valence-electron chi connectivity index (χ4n) is 1.78. The molecule has 1 N–H and O–H groups in total. The van der Waals surface area contributed by atoms with E-state index >= 15 is 0 Å². The van der Waals surface area contributed by atoms with Crippen molar-refractivity contribution in [2.24, 2.45) is 0 Å². The van der Waals surface area contributed by atoms with Crippen LogP contribution in [0.25, 0.3) is 0 Å². The Kier molecular flexibility index (Phi) is 4.76. The van der Waals surface area contributed by atoms with Gasteiger partial charge in [0.25, 0.3) is 0 Å². The number of nitrogens with zero attached hydrogens (tertiary/aromatic N) is 1. The van der Waals surface area contributed by atoms with Gasteiger partial charge in [-0.05, 0) is 32.0 Å². The number of hydrogen-bond donors (Lipinski definition) is 1. The molecule has 1 aromatic heterocycles. The van der Waals surface area contributed by atoms with Crippen molar-refractivity contribution in [3.05, 3.63) is 42.5 Å². The molecule has 0 unspecified atom stereocenters. The van der Waals surface area contributed by atoms with Crippen molar-refractivity contribution >= 4 is 11.4 Å². The second-order valence-electron chi connectivity index (χ2n) is 4.02. The standard InChI is InChI=1S/C15H17FN2O2/c1-3-19-13-6-5-11(9-14(13)20-4-2)18-12-7-8-17-15(16)10-12/h5-10H,3-4H2,1-2H3,(H,17,18). The van der Waals surface area contributed by atoms with Crippen molar-refractivity contribution in [3.63, 3.8) is 0 Å². The van der Waals surface area contributed by atoms with Crippen LogP contribution in [0.2, 0.25) is 0 Å². The zero-order valence-electron chi connectivity index (χ0n) is 11.5. The average molecular weight is 276 g/mol. The SMILES string of the molecule is CCOc1ccc(Nc2ccnc(F)c2)cc1OCC. The summed E-state index contributed by atoms with van der Waals surface area (Å²) in [5.74, 6) is 0.834. The summed E-state index contributed by atoms with van der Waals surface area (Å²) in [5.41, 5.74) is 1.42. The van der Waals surface area contributed by atoms with Gasteiger partial charge in [0.1, 0.15) is 0 Å². The van der Waals surface area contributed by atoms with E-state index < -0.39 is 5.95 Å². The Bertz CT molecular complexity index is 576. The van der Waals surface area contributed by atoms with Crippen molar-refractivity contribution in [3.8, 4) is 11.5 Å². The Morgan fingerprint density at radius 1 is 1.00 bits per heavy atom. The summed E-state index contributed by atoms with van der Waals surface area (Å²) in [5, 5.41) is 3.10. The summed E-state index contributed by atoms with van der Waals surface area (Å²) in [6, 6.07) is 8.53. The van der Waals surface area contributed by atoms with E-state index in [0.29, 0.717) is 30.4 Å². The molecule has 0 amide bonds. The van der Waals surface area contributed by atoms with Gasteiger partial charge >= 0.3 is 0 Å². The number of nitrogens with one attached hydrogen (secondary N) is 1. The summed E-state index contributed by atoms with van der Waals surface area (Å²) >= 11 is 0. The molecule has 0 aliphatic carbocycles. The topological polar surface area (TPSA) is 43.4 Å². The highest BCUT2D eigenvalue weighted by molar-refractivity contribution is 5.63. The van der Waals surface area contributed by atoms with E-state index in [-0.39, 0.29) is 0 Å². The molecule has 4 nitrogen and oxygen atoms in total. The molecule has 1 heterocycles. The zero-order chi connectivity index (χ0) is 14.4. The van der Waals surface area contributed by atoms with Crippen LogP contribution in [0.1, 0.15) is 13.8 Å². The molecule has 0 atom stereocenters. The van der Waals surface area contributed by atoms with E-state index in [1.54, 1.807) is 6.07 Å². The predicted octanol–water partition coefficient (Wildman–Crippen LogP) is 3.76. The summed E-state index contributed by atoms with van der Waals surface area (Å²) in [6.07, 6.45) is 1.41. The largest absolute Gasteiger partial charge is 0.490 e. The quantitative estimate of drug-likeness (QED) is 0.816. The van der Waals surface area contributed by atoms with E-state index in [9.17, 15) is 4.39 Å². The molecule has 0 fully saturated rings. The Morgan fingerprint density at radius 2 is 1.70 bits per heavy atom. The van der Waals surface area contributed by atoms with Gasteiger partial charge in [-0.15, -0.1) is 0 Å². The van der Waals surface area contributed by atoms with E-state index in [0.717, 1.165) is 5.69 Å². The van der Waals surface area contributed by atoms with Crippen LogP contribution in [0.5, 0.6) is 11.5 Å². The number of benzene rings is 1. The summed E-state index contributed by atoms with van der Waals surface area (Å²) in [6.45, 7) is 4.95. The predicted molar refractivity (Wildman–Crippen MR) is 76.3 cm³/mol. The van der Waals surface area contributed by atoms with Crippen LogP contribution in [-0.4, -0.2) is 18.2 Å². The molecule has 1 aromatic carbocycles. The van der Waals surface area contributed by atoms with Crippen molar-refractivity contribution in [1.29, 1.82) is 0 Å². The fraction of sp³-hybridized carbons (Fsp3) is 0.267. The molecule has 0 bridgehead atoms. The number of ether oxygens (including phenoxy) is 2. The van der Waals surface area contributed by atoms with Crippen molar-refractivity contribution < 1.29 is 13.9 Å². The van der Waals surface area contributed by atoms with Crippen LogP contribution in [0, 0.1) is 5.95 Å². The van der Waals surface area contributed by atoms with E-state index in [4.69, 9.17) is 9.47 Å². The molecule has 0 aliphatic heterocycles. The third kappa shape index (κ3) is 3.60. The van der Waals surface area contributed by atoms with Gasteiger partial charge in [0.15, 0.2) is 11.5 Å². The second-order valence-corrected chi connectivity index (χ2v) is 4.02. The van der Waals surface area contributed by atoms with Crippen LogP contribution >= 0.6 is 0 Å². The van der Waals surface area contributed by atoms with Gasteiger partial charge in [0, 0.05) is 29.7 Å². The van der Waals surface area contributed by atoms with Crippen molar-refractivity contribution in [2.45, 2.75) is 13.8 Å². The van der Waals surface area contributed by atoms with Gasteiger partial charge < -0.3 is 14.8 Å². The van der Waals surface area contributed by atoms with Crippen LogP contribution in [0.3, 0.4) is 0 Å². The van der Waals surface area contributed by atoms with Crippen LogP contribution in [0.4, 0.5) is 15.8 Å². The monoisotopic (exact) mass is 276 g/mol. The first-order chi connectivity index (χ1) is 9.72. The minimum Gasteiger partial charge on any atom is -0.490 e. The number of rotatable bonds is 6. The Hall–Kier alpha value is -2.30. The molecule has 0 saturated heterocycles. The molecular weight excluding hydrogens is 259 g/mol. The fourth-order valence-corrected chi connectivity index (χ4v) is 1.78. The molecule has 2 rings (SSSR count). The number of halogens is 1. The first kappa shape index (κ1) is 14.1. The molecule has 5 heteroatoms. The van der Waals surface area contributed by atoms with E-state index in [2.05, 4.69) is 10.3 Å². The van der Waals surface area contributed by atoms with Gasteiger partial charge in [-0.3, -0.25) is 0 Å². The smallest absolute Gasteiger partial charge is 0.214 e. The third-order valence-electron chi connectivity index (χ3n) is 2.56. The maximum absolute atomic E-state index is 13.0. The molecule has 0 aliphatic rings. The Balaban J connectivity index is 2.22. The van der Waals surface area contributed by atoms with Gasteiger partial charge in [0.2, 0.25) is 5.95 Å². The van der Waals surface area contributed by atoms with Crippen LogP contribution < -0.4 is 14.8 Å². The van der Waals surface area contributed by atoms with Gasteiger partial charge in [0.05, 0.1) is 13.2 Å². The maximum atomic E-state index is 13.0. The lowest BCUT2D eigenvalue weighted by molar-refractivity contribution is 0.288. The lowest BCUT2D eigenvalue weighted by atomic mass is 10.2. The highest BCUT2D eigenvalue weighted by atomic mass is 19.1. The highest BCUT2D eigenvalue weighted by Crippen LogP contribution is 2.31. The Morgan fingerprint density at radius 3 is 2.40 bits per heavy atom. The molecule has 106 valence electrons. The average Bonchev–Trinajstić information content (AvgIpc) is 2.42. The molecule has 0 radical (unpaired) electrons. The number of pyridine rings is 1. The minimum absolute atomic E-state index is 0.522. The molecular formula is C15H17FN2O2. The third-order valence-corrected chi connectivity index (χ3v) is 2.56. The van der Waals surface area contributed by atoms with Crippen LogP contribution in [-0.2, 0) is 0 Å². The van der Waals surface area contributed by atoms with E-state index in [1.165, 1.54) is 12.3 Å². The van der Waals surface area contributed by atoms with Gasteiger partial charge in [-0.2, -0.15) is 4.39 Å². The van der Waals surface area contributed by atoms with Gasteiger partial charge in [-0.25, -0.2) is 4.98 Å². The Labute approximate surface area is 117 Å². The molecule has 0 spiro atoms. The maximum Gasteiger partial charge on any atom is 0.214 e. The first-order valence-corrected chi connectivity index (χ1v) is 6.51. The normalized spacial score (nSPS) is 10.2. The van der Waals surface area contributed by atoms with Crippen molar-refractivity contribution in [1.82, 2.24) is 4.98 Å². The van der Waals surface area contributed by atoms with Crippen molar-refractivity contribution in [2.75, 3.05) is 18.5 Å². The summed E-state index contributed by atoms with van der Waals surface area (Å²) in [4.78, 5) is 3.52. The number of aromatic nitrogens is 1. The lowest BCUT2D eigenvalue weighted by Crippen LogP contribution is -1.99. The van der Waals surface area contributed by atoms with E-state index in [1.807, 2.05) is 32.0 Å². The molecule has 2 aromatic rings. The summed E-state index contributed by atoms with van der Waals surface area (Å²) < 4.78 is 24.1. The number of hydrogen-bond acceptors (Lipinski definition) is 4. The first-order valence-electron chi connectivity index (χ1n) is 6.51. The molecule has 20 heavy (non-hydrogen) atoms. The zero-order valence-corrected chi connectivity index (χ0v) is 11.5. The lowest BCUT2D eigenvalue weighted by Gasteiger charge is -2.13. The second kappa shape index (κ2) is 6.75. The summed E-state index contributed by atoms with van der Waals surface area (Å²) in [7, 11) is 0. The molecule has 0 saturated carbocycles. The van der Waals surface area contributed by atoms with Crippen LogP contribution in [0.15, 0.2) is 36.5 Å². The van der Waals surface area contributed by atoms with Gasteiger partial charge in [-0.1, -0.05) is 0 Å². The highest BCUT2D eigenvalue weighted by Gasteiger charge is 2.06.